The number of aromatic hydroxyl groups is 2. The highest BCUT2D eigenvalue weighted by Gasteiger charge is 2.18. The van der Waals surface area contributed by atoms with E-state index in [1.54, 1.807) is 60.7 Å². The molecular weight excluding hydrogens is 552 g/mol. The fourth-order valence-electron chi connectivity index (χ4n) is 4.74. The molecule has 0 bridgehead atoms. The number of ether oxygens (including phenoxy) is 2. The van der Waals surface area contributed by atoms with Gasteiger partial charge in [-0.15, -0.1) is 0 Å². The van der Waals surface area contributed by atoms with Crippen LogP contribution in [0.4, 0.5) is 0 Å². The summed E-state index contributed by atoms with van der Waals surface area (Å²) in [4.78, 5) is 26.8. The summed E-state index contributed by atoms with van der Waals surface area (Å²) >= 11 is 0. The first-order valence-corrected chi connectivity index (χ1v) is 13.9. The molecule has 0 spiro atoms. The van der Waals surface area contributed by atoms with E-state index >= 15 is 0 Å². The number of hydrogen-bond donors (Lipinski definition) is 2. The third-order valence-electron chi connectivity index (χ3n) is 6.99. The largest absolute Gasteiger partial charge is 0.508 e. The molecule has 0 aromatic heterocycles. The van der Waals surface area contributed by atoms with Gasteiger partial charge in [0.25, 0.3) is 0 Å². The van der Waals surface area contributed by atoms with Crippen molar-refractivity contribution in [2.24, 2.45) is 0 Å². The van der Waals surface area contributed by atoms with Gasteiger partial charge in [0.15, 0.2) is 11.6 Å². The number of ketones is 2. The van der Waals surface area contributed by atoms with Crippen molar-refractivity contribution in [3.63, 3.8) is 0 Å². The van der Waals surface area contributed by atoms with Crippen LogP contribution in [0.1, 0.15) is 31.8 Å². The van der Waals surface area contributed by atoms with Gasteiger partial charge in [0, 0.05) is 23.3 Å². The van der Waals surface area contributed by atoms with Gasteiger partial charge in [-0.25, -0.2) is 0 Å². The Kier molecular flexibility index (Phi) is 7.88. The van der Waals surface area contributed by atoms with E-state index in [2.05, 4.69) is 0 Å². The second kappa shape index (κ2) is 12.4. The van der Waals surface area contributed by atoms with E-state index < -0.39 is 0 Å². The summed E-state index contributed by atoms with van der Waals surface area (Å²) in [5.74, 6) is 1.12. The van der Waals surface area contributed by atoms with Crippen molar-refractivity contribution in [2.75, 3.05) is 0 Å². The number of benzene rings is 6. The predicted octanol–water partition coefficient (Wildman–Crippen LogP) is 8.81. The highest BCUT2D eigenvalue weighted by atomic mass is 16.5. The predicted molar refractivity (Wildman–Crippen MR) is 168 cm³/mol. The van der Waals surface area contributed by atoms with Crippen LogP contribution in [0, 0.1) is 0 Å². The highest BCUT2D eigenvalue weighted by molar-refractivity contribution is 6.12. The van der Waals surface area contributed by atoms with E-state index in [0.29, 0.717) is 33.8 Å². The highest BCUT2D eigenvalue weighted by Crippen LogP contribution is 2.33. The van der Waals surface area contributed by atoms with Gasteiger partial charge in [-0.1, -0.05) is 84.9 Å². The van der Waals surface area contributed by atoms with Crippen molar-refractivity contribution >= 4 is 11.6 Å². The summed E-state index contributed by atoms with van der Waals surface area (Å²) < 4.78 is 11.8. The quantitative estimate of drug-likeness (QED) is 0.167. The molecule has 0 unspecified atom stereocenters. The molecule has 0 radical (unpaired) electrons. The van der Waals surface area contributed by atoms with Crippen LogP contribution in [-0.4, -0.2) is 21.8 Å². The number of hydrogen-bond acceptors (Lipinski definition) is 6. The van der Waals surface area contributed by atoms with Gasteiger partial charge in [-0.05, 0) is 59.7 Å². The molecule has 0 heterocycles. The normalized spacial score (nSPS) is 10.6. The molecule has 0 fully saturated rings. The molecule has 44 heavy (non-hydrogen) atoms. The van der Waals surface area contributed by atoms with Crippen LogP contribution >= 0.6 is 0 Å². The lowest BCUT2D eigenvalue weighted by atomic mass is 9.96. The first-order chi connectivity index (χ1) is 21.4. The molecule has 6 rings (SSSR count). The molecular formula is C38H26O6. The maximum atomic E-state index is 13.4. The second-order valence-electron chi connectivity index (χ2n) is 10.0. The number of para-hydroxylation sites is 2. The Labute approximate surface area is 254 Å². The van der Waals surface area contributed by atoms with Crippen molar-refractivity contribution < 1.29 is 29.3 Å². The van der Waals surface area contributed by atoms with Gasteiger partial charge in [-0.2, -0.15) is 0 Å². The van der Waals surface area contributed by atoms with Gasteiger partial charge in [-0.3, -0.25) is 9.59 Å². The zero-order chi connectivity index (χ0) is 30.5. The molecule has 0 aliphatic carbocycles. The lowest BCUT2D eigenvalue weighted by Gasteiger charge is -2.12. The molecule has 0 saturated carbocycles. The summed E-state index contributed by atoms with van der Waals surface area (Å²) in [5.41, 5.74) is 3.30. The minimum Gasteiger partial charge on any atom is -0.508 e. The van der Waals surface area contributed by atoms with Gasteiger partial charge in [0.05, 0.1) is 11.1 Å². The van der Waals surface area contributed by atoms with E-state index in [9.17, 15) is 19.8 Å². The molecule has 0 amide bonds. The van der Waals surface area contributed by atoms with Crippen LogP contribution in [0.25, 0.3) is 11.1 Å². The van der Waals surface area contributed by atoms with Crippen LogP contribution in [0.15, 0.2) is 146 Å². The van der Waals surface area contributed by atoms with E-state index in [0.717, 1.165) is 11.1 Å². The van der Waals surface area contributed by atoms with Crippen LogP contribution < -0.4 is 9.47 Å². The SMILES string of the molecule is O=C(c1ccc(-c2ccc(C(=O)c3ccc(O)cc3Oc3ccccc3)cc2)cc1)c1ccc(O)cc1Oc1ccccc1. The average Bonchev–Trinajstić information content (AvgIpc) is 3.05. The monoisotopic (exact) mass is 578 g/mol. The molecule has 0 aliphatic heterocycles. The standard InChI is InChI=1S/C38H26O6/c39-29-19-21-33(35(23-29)43-31-7-3-1-4-8-31)37(41)27-15-11-25(12-16-27)26-13-17-28(18-14-26)38(42)34-22-20-30(40)24-36(34)44-32-9-5-2-6-10-32/h1-24,39-40H. The zero-order valence-corrected chi connectivity index (χ0v) is 23.4. The fourth-order valence-corrected chi connectivity index (χ4v) is 4.74. The summed E-state index contributed by atoms with van der Waals surface area (Å²) in [5, 5.41) is 20.0. The summed E-state index contributed by atoms with van der Waals surface area (Å²) in [7, 11) is 0. The minimum atomic E-state index is -0.245. The molecule has 214 valence electrons. The number of rotatable bonds is 9. The van der Waals surface area contributed by atoms with Gasteiger partial charge in [0.1, 0.15) is 34.5 Å². The third kappa shape index (κ3) is 6.20. The van der Waals surface area contributed by atoms with Crippen molar-refractivity contribution in [1.29, 1.82) is 0 Å². The first-order valence-electron chi connectivity index (χ1n) is 13.9. The van der Waals surface area contributed by atoms with Gasteiger partial charge in [0.2, 0.25) is 0 Å². The number of phenols is 2. The van der Waals surface area contributed by atoms with E-state index in [1.807, 2.05) is 60.7 Å². The maximum absolute atomic E-state index is 13.4. The summed E-state index contributed by atoms with van der Waals surface area (Å²) in [6.45, 7) is 0. The lowest BCUT2D eigenvalue weighted by Crippen LogP contribution is -2.04. The zero-order valence-electron chi connectivity index (χ0n) is 23.4. The van der Waals surface area contributed by atoms with Gasteiger partial charge >= 0.3 is 0 Å². The second-order valence-corrected chi connectivity index (χ2v) is 10.0. The van der Waals surface area contributed by atoms with Crippen LogP contribution in [-0.2, 0) is 0 Å². The smallest absolute Gasteiger partial charge is 0.196 e. The minimum absolute atomic E-state index is 0.00452. The summed E-state index contributed by atoms with van der Waals surface area (Å²) in [6, 6.07) is 41.3. The fraction of sp³-hybridized carbons (Fsp3) is 0. The number of phenolic OH excluding ortho intramolecular Hbond substituents is 2. The van der Waals surface area contributed by atoms with Crippen LogP contribution in [0.2, 0.25) is 0 Å². The number of carbonyl (C=O) groups excluding carboxylic acids is 2. The Balaban J connectivity index is 1.20. The van der Waals surface area contributed by atoms with Crippen molar-refractivity contribution in [3.8, 4) is 45.6 Å². The molecule has 0 saturated heterocycles. The van der Waals surface area contributed by atoms with E-state index in [4.69, 9.17) is 9.47 Å². The van der Waals surface area contributed by atoms with Crippen molar-refractivity contribution in [3.05, 3.63) is 168 Å². The summed E-state index contributed by atoms with van der Waals surface area (Å²) in [6.07, 6.45) is 0. The first kappa shape index (κ1) is 28.0. The van der Waals surface area contributed by atoms with Crippen molar-refractivity contribution in [2.45, 2.75) is 0 Å². The van der Waals surface area contributed by atoms with Crippen LogP contribution in [0.5, 0.6) is 34.5 Å². The Morgan fingerprint density at radius 3 is 1.16 bits per heavy atom. The van der Waals surface area contributed by atoms with Crippen LogP contribution in [0.3, 0.4) is 0 Å². The topological polar surface area (TPSA) is 93.1 Å². The van der Waals surface area contributed by atoms with E-state index in [1.165, 1.54) is 24.3 Å². The van der Waals surface area contributed by atoms with E-state index in [-0.39, 0.29) is 34.6 Å². The maximum Gasteiger partial charge on any atom is 0.196 e. The Morgan fingerprint density at radius 1 is 0.432 bits per heavy atom. The Bertz CT molecular complexity index is 1790. The molecule has 0 atom stereocenters. The molecule has 6 heteroatoms. The Morgan fingerprint density at radius 2 is 0.795 bits per heavy atom. The molecule has 0 aliphatic rings. The lowest BCUT2D eigenvalue weighted by molar-refractivity contribution is 0.102. The molecule has 2 N–H and O–H groups in total. The molecule has 6 aromatic carbocycles. The average molecular weight is 579 g/mol. The molecule has 6 aromatic rings. The molecule has 6 nitrogen and oxygen atoms in total. The van der Waals surface area contributed by atoms with Crippen molar-refractivity contribution in [1.82, 2.24) is 0 Å². The third-order valence-corrected chi connectivity index (χ3v) is 6.99. The number of carbonyl (C=O) groups is 2. The Hall–Kier alpha value is -6.14. The van der Waals surface area contributed by atoms with Gasteiger partial charge < -0.3 is 19.7 Å².